The number of carbonyl (C=O) groups is 2. The summed E-state index contributed by atoms with van der Waals surface area (Å²) in [5.41, 5.74) is 0. The molecule has 0 spiro atoms. The Balaban J connectivity index is 2.10. The van der Waals surface area contributed by atoms with Crippen molar-refractivity contribution in [3.05, 3.63) is 41.8 Å². The largest absolute Gasteiger partial charge is 0.462 e. The van der Waals surface area contributed by atoms with Crippen molar-refractivity contribution in [2.45, 2.75) is 56.7 Å². The summed E-state index contributed by atoms with van der Waals surface area (Å²) in [6.07, 6.45) is 0.0815. The van der Waals surface area contributed by atoms with Gasteiger partial charge in [-0.1, -0.05) is 30.0 Å². The predicted octanol–water partition coefficient (Wildman–Crippen LogP) is 3.31. The van der Waals surface area contributed by atoms with E-state index >= 15 is 0 Å². The van der Waals surface area contributed by atoms with Gasteiger partial charge in [0.15, 0.2) is 11.9 Å². The molecule has 1 aromatic rings. The monoisotopic (exact) mass is 380 g/mol. The van der Waals surface area contributed by atoms with Gasteiger partial charge in [-0.25, -0.2) is 0 Å². The number of esters is 2. The van der Waals surface area contributed by atoms with Crippen LogP contribution in [0.15, 0.2) is 46.7 Å². The fourth-order valence-electron chi connectivity index (χ4n) is 2.56. The maximum atomic E-state index is 11.4. The quantitative estimate of drug-likeness (QED) is 0.531. The highest BCUT2D eigenvalue weighted by atomic mass is 32.2. The van der Waals surface area contributed by atoms with E-state index in [0.29, 0.717) is 0 Å². The van der Waals surface area contributed by atoms with E-state index < -0.39 is 36.0 Å². The number of ether oxygens (including phenoxy) is 4. The smallest absolute Gasteiger partial charge is 0.303 e. The summed E-state index contributed by atoms with van der Waals surface area (Å²) in [7, 11) is 0. The van der Waals surface area contributed by atoms with E-state index in [1.807, 2.05) is 41.8 Å². The predicted molar refractivity (Wildman–Crippen MR) is 97.5 cm³/mol. The van der Waals surface area contributed by atoms with E-state index in [9.17, 15) is 9.59 Å². The third kappa shape index (κ3) is 6.48. The Labute approximate surface area is 157 Å². The number of benzene rings is 1. The van der Waals surface area contributed by atoms with Gasteiger partial charge >= 0.3 is 11.9 Å². The second-order valence-electron chi connectivity index (χ2n) is 6.27. The minimum atomic E-state index is -0.842. The van der Waals surface area contributed by atoms with Crippen LogP contribution in [0.4, 0.5) is 0 Å². The minimum absolute atomic E-state index is 0.0881. The Morgan fingerprint density at radius 2 is 1.88 bits per heavy atom. The fraction of sp³-hybridized carbons (Fsp3) is 0.474. The van der Waals surface area contributed by atoms with Gasteiger partial charge in [-0.15, -0.1) is 0 Å². The van der Waals surface area contributed by atoms with E-state index in [4.69, 9.17) is 18.9 Å². The van der Waals surface area contributed by atoms with Crippen molar-refractivity contribution >= 4 is 23.7 Å². The van der Waals surface area contributed by atoms with Gasteiger partial charge < -0.3 is 18.9 Å². The summed E-state index contributed by atoms with van der Waals surface area (Å²) in [6, 6.07) is 9.90. The molecule has 1 aromatic carbocycles. The molecule has 1 aliphatic rings. The Bertz CT molecular complexity index is 643. The van der Waals surface area contributed by atoms with Crippen molar-refractivity contribution in [2.24, 2.45) is 0 Å². The summed E-state index contributed by atoms with van der Waals surface area (Å²) in [6.45, 7) is 6.09. The number of carbonyl (C=O) groups excluding carboxylic acids is 2. The van der Waals surface area contributed by atoms with Crippen LogP contribution >= 0.6 is 11.8 Å². The van der Waals surface area contributed by atoms with Crippen LogP contribution in [0, 0.1) is 0 Å². The molecule has 0 aromatic heterocycles. The summed E-state index contributed by atoms with van der Waals surface area (Å²) in [4.78, 5) is 23.7. The van der Waals surface area contributed by atoms with Crippen LogP contribution in [0.5, 0.6) is 0 Å². The Kier molecular flexibility index (Phi) is 7.25. The van der Waals surface area contributed by atoms with Crippen LogP contribution in [-0.2, 0) is 28.5 Å². The molecule has 26 heavy (non-hydrogen) atoms. The highest BCUT2D eigenvalue weighted by Crippen LogP contribution is 2.33. The molecule has 0 N–H and O–H groups in total. The van der Waals surface area contributed by atoms with Crippen LogP contribution < -0.4 is 0 Å². The first kappa shape index (κ1) is 20.5. The van der Waals surface area contributed by atoms with Crippen molar-refractivity contribution in [1.29, 1.82) is 0 Å². The standard InChI is InChI=1S/C19H24O6S/c1-13(20)22-12-17(23-14(2)21)18-16(24-19(3,4)25-18)10-11-26-15-8-6-5-7-9-15/h5-11,16-18H,12H2,1-4H3/b11-10+/t16-,17+,18-/m0/s1. The first-order valence-corrected chi connectivity index (χ1v) is 9.19. The Hall–Kier alpha value is -1.83. The molecule has 1 fully saturated rings. The van der Waals surface area contributed by atoms with Crippen LogP contribution in [0.3, 0.4) is 0 Å². The van der Waals surface area contributed by atoms with Gasteiger partial charge in [-0.3, -0.25) is 9.59 Å². The first-order chi connectivity index (χ1) is 12.3. The van der Waals surface area contributed by atoms with Gasteiger partial charge in [-0.2, -0.15) is 0 Å². The lowest BCUT2D eigenvalue weighted by Crippen LogP contribution is -2.41. The minimum Gasteiger partial charge on any atom is -0.462 e. The third-order valence-electron chi connectivity index (χ3n) is 3.51. The maximum absolute atomic E-state index is 11.4. The molecule has 7 heteroatoms. The van der Waals surface area contributed by atoms with Gasteiger partial charge in [0.05, 0.1) is 0 Å². The molecular formula is C19H24O6S. The average molecular weight is 380 g/mol. The molecule has 142 valence electrons. The van der Waals surface area contributed by atoms with Crippen LogP contribution in [0.2, 0.25) is 0 Å². The van der Waals surface area contributed by atoms with Crippen molar-refractivity contribution < 1.29 is 28.5 Å². The maximum Gasteiger partial charge on any atom is 0.303 e. The van der Waals surface area contributed by atoms with Crippen molar-refractivity contribution in [3.8, 4) is 0 Å². The van der Waals surface area contributed by atoms with E-state index in [0.717, 1.165) is 4.90 Å². The summed E-state index contributed by atoms with van der Waals surface area (Å²) >= 11 is 1.54. The van der Waals surface area contributed by atoms with Gasteiger partial charge in [0.25, 0.3) is 0 Å². The molecule has 0 radical (unpaired) electrons. The average Bonchev–Trinajstić information content (AvgIpc) is 2.87. The van der Waals surface area contributed by atoms with Crippen LogP contribution in [0.25, 0.3) is 0 Å². The molecular weight excluding hydrogens is 356 g/mol. The second-order valence-corrected chi connectivity index (χ2v) is 7.25. The van der Waals surface area contributed by atoms with Crippen LogP contribution in [-0.4, -0.2) is 42.6 Å². The highest BCUT2D eigenvalue weighted by Gasteiger charge is 2.45. The molecule has 0 unspecified atom stereocenters. The van der Waals surface area contributed by atoms with E-state index in [2.05, 4.69) is 0 Å². The molecule has 1 aliphatic heterocycles. The molecule has 0 bridgehead atoms. The number of hydrogen-bond donors (Lipinski definition) is 0. The number of thioether (sulfide) groups is 1. The third-order valence-corrected chi connectivity index (χ3v) is 4.35. The molecule has 6 nitrogen and oxygen atoms in total. The zero-order valence-corrected chi connectivity index (χ0v) is 16.2. The highest BCUT2D eigenvalue weighted by molar-refractivity contribution is 8.02. The summed E-state index contributed by atoms with van der Waals surface area (Å²) in [5, 5.41) is 1.91. The van der Waals surface area contributed by atoms with E-state index in [1.54, 1.807) is 25.6 Å². The lowest BCUT2D eigenvalue weighted by molar-refractivity contribution is -0.177. The molecule has 1 saturated heterocycles. The molecule has 2 rings (SSSR count). The van der Waals surface area contributed by atoms with E-state index in [1.165, 1.54) is 13.8 Å². The lowest BCUT2D eigenvalue weighted by atomic mass is 10.1. The zero-order valence-electron chi connectivity index (χ0n) is 15.3. The van der Waals surface area contributed by atoms with Crippen molar-refractivity contribution in [3.63, 3.8) is 0 Å². The van der Waals surface area contributed by atoms with Gasteiger partial charge in [0, 0.05) is 18.7 Å². The lowest BCUT2D eigenvalue weighted by Gasteiger charge is -2.24. The second kappa shape index (κ2) is 9.21. The molecule has 0 aliphatic carbocycles. The normalized spacial score (nSPS) is 22.9. The molecule has 0 saturated carbocycles. The Morgan fingerprint density at radius 1 is 1.19 bits per heavy atom. The number of hydrogen-bond acceptors (Lipinski definition) is 7. The topological polar surface area (TPSA) is 71.1 Å². The SMILES string of the molecule is CC(=O)OC[C@@H](OC(C)=O)[C@H]1OC(C)(C)O[C@H]1/C=C/Sc1ccccc1. The van der Waals surface area contributed by atoms with Crippen molar-refractivity contribution in [2.75, 3.05) is 6.61 Å². The van der Waals surface area contributed by atoms with E-state index in [-0.39, 0.29) is 6.61 Å². The molecule has 3 atom stereocenters. The van der Waals surface area contributed by atoms with Crippen molar-refractivity contribution in [1.82, 2.24) is 0 Å². The molecule has 1 heterocycles. The fourth-order valence-corrected chi connectivity index (χ4v) is 3.26. The van der Waals surface area contributed by atoms with Gasteiger partial charge in [-0.05, 0) is 37.5 Å². The summed E-state index contributed by atoms with van der Waals surface area (Å²) in [5.74, 6) is -1.77. The van der Waals surface area contributed by atoms with Crippen LogP contribution in [0.1, 0.15) is 27.7 Å². The van der Waals surface area contributed by atoms with Gasteiger partial charge in [0.1, 0.15) is 18.8 Å². The zero-order chi connectivity index (χ0) is 19.2. The molecule has 0 amide bonds. The summed E-state index contributed by atoms with van der Waals surface area (Å²) < 4.78 is 22.2. The first-order valence-electron chi connectivity index (χ1n) is 8.31. The van der Waals surface area contributed by atoms with Gasteiger partial charge in [0.2, 0.25) is 0 Å². The Morgan fingerprint density at radius 3 is 2.50 bits per heavy atom. The number of rotatable bonds is 7.